The van der Waals surface area contributed by atoms with Gasteiger partial charge in [-0.1, -0.05) is 191 Å². The minimum atomic E-state index is -2.24. The fourth-order valence-corrected chi connectivity index (χ4v) is 15.5. The summed E-state index contributed by atoms with van der Waals surface area (Å²) in [5.41, 5.74) is 2.54. The van der Waals surface area contributed by atoms with Crippen LogP contribution in [0.1, 0.15) is 101 Å². The number of aromatic nitrogens is 1. The molecule has 8 rings (SSSR count). The number of carbonyl (C=O) groups excluding carboxylic acids is 9. The maximum atomic E-state index is 15.4. The van der Waals surface area contributed by atoms with E-state index >= 15 is 19.2 Å². The lowest BCUT2D eigenvalue weighted by molar-refractivity contribution is -0.141. The largest absolute Gasteiger partial charge is 0.444 e. The lowest BCUT2D eigenvalue weighted by Crippen LogP contribution is -2.68. The number of aromatic amines is 1. The highest BCUT2D eigenvalue weighted by Crippen LogP contribution is 2.48. The smallest absolute Gasteiger partial charge is 0.407 e. The zero-order valence-corrected chi connectivity index (χ0v) is 61.1. The zero-order valence-electron chi connectivity index (χ0n) is 58.7. The van der Waals surface area contributed by atoms with Crippen molar-refractivity contribution in [2.75, 3.05) is 30.4 Å². The number of thioether (sulfide) groups is 1. The van der Waals surface area contributed by atoms with Crippen LogP contribution < -0.4 is 47.9 Å². The van der Waals surface area contributed by atoms with Gasteiger partial charge in [0.25, 0.3) is 0 Å². The standard InChI is InChI=1S/C77H94N10O13S3/c1-49(89)63(46-88)84-71(96)65-48-103-102-47-64(85-67(92)60(42-51-26-12-7-13-27-51)80-66(91)39-41-101-77(54-30-16-9-17-31-54,55-32-18-10-19-33-55)56-34-20-11-21-35-56)70(95)82-61(43-52-28-14-8-15-29-52)68(93)83-62(44-53-45-79-58-37-23-22-36-57(53)58)69(94)81-59(38-24-25-40-78-74(99)100-75(3,4)5)72(97)87-76(6,50(2)90)73(98)86-65/h7-23,26-37,45,49-50,59-65,79,88-90H,24-25,38-44,46-48H2,1-6H3,(H,78,99)(H,80,91)(H,81,94)(H,82,95)(H,83,93)(H,84,96)(H,85,92)(H,86,98)(H,87,97)/t49-,50-,59+,60-,61+,62-,63-,64+,65+,76+/m1/s1. The lowest BCUT2D eigenvalue weighted by Gasteiger charge is -2.35. The number of para-hydroxylation sites is 1. The summed E-state index contributed by atoms with van der Waals surface area (Å²) in [5.74, 6) is -6.96. The third-order valence-corrected chi connectivity index (χ3v) is 21.6. The Hall–Kier alpha value is -9.18. The van der Waals surface area contributed by atoms with Gasteiger partial charge in [0.1, 0.15) is 47.4 Å². The molecule has 1 aromatic heterocycles. The normalized spacial score (nSPS) is 20.2. The third-order valence-electron chi connectivity index (χ3n) is 17.6. The summed E-state index contributed by atoms with van der Waals surface area (Å²) in [6.07, 6.45) is -1.97. The van der Waals surface area contributed by atoms with Crippen LogP contribution in [-0.4, -0.2) is 170 Å². The first-order valence-electron chi connectivity index (χ1n) is 34.4. The van der Waals surface area contributed by atoms with Gasteiger partial charge in [-0.3, -0.25) is 38.4 Å². The topological polar surface area (TPSA) is 348 Å². The van der Waals surface area contributed by atoms with Gasteiger partial charge in [-0.25, -0.2) is 4.79 Å². The summed E-state index contributed by atoms with van der Waals surface area (Å²) in [7, 11) is 1.97. The first-order chi connectivity index (χ1) is 49.4. The van der Waals surface area contributed by atoms with Gasteiger partial charge in [0, 0.05) is 66.6 Å². The fraction of sp³-hybridized carbons (Fsp3) is 0.390. The number of aliphatic hydroxyl groups excluding tert-OH is 3. The first kappa shape index (κ1) is 79.5. The monoisotopic (exact) mass is 1460 g/mol. The summed E-state index contributed by atoms with van der Waals surface area (Å²) in [4.78, 5) is 136. The Morgan fingerprint density at radius 3 is 1.75 bits per heavy atom. The van der Waals surface area contributed by atoms with Gasteiger partial charge in [0.15, 0.2) is 0 Å². The molecule has 6 aromatic carbocycles. The molecule has 0 radical (unpaired) electrons. The molecule has 23 nitrogen and oxygen atoms in total. The van der Waals surface area contributed by atoms with Crippen molar-refractivity contribution in [3.63, 3.8) is 0 Å². The minimum absolute atomic E-state index is 0.0154. The van der Waals surface area contributed by atoms with E-state index in [1.165, 1.54) is 20.8 Å². The first-order valence-corrected chi connectivity index (χ1v) is 37.9. The second-order valence-corrected chi connectivity index (χ2v) is 30.5. The van der Waals surface area contributed by atoms with Gasteiger partial charge >= 0.3 is 6.09 Å². The van der Waals surface area contributed by atoms with E-state index in [9.17, 15) is 39.3 Å². The van der Waals surface area contributed by atoms with Gasteiger partial charge in [0.05, 0.1) is 29.6 Å². The molecule has 548 valence electrons. The van der Waals surface area contributed by atoms with Gasteiger partial charge in [0.2, 0.25) is 47.3 Å². The molecule has 26 heteroatoms. The second kappa shape index (κ2) is 38.4. The number of hydrogen-bond acceptors (Lipinski definition) is 16. The molecule has 2 heterocycles. The van der Waals surface area contributed by atoms with Crippen LogP contribution in [0, 0.1) is 0 Å². The van der Waals surface area contributed by atoms with Crippen LogP contribution in [0.15, 0.2) is 182 Å². The maximum absolute atomic E-state index is 15.4. The quantitative estimate of drug-likeness (QED) is 0.0158. The molecular weight excluding hydrogens is 1370 g/mol. The molecule has 1 aliphatic rings. The third kappa shape index (κ3) is 22.9. The van der Waals surface area contributed by atoms with Gasteiger partial charge < -0.3 is 72.9 Å². The highest BCUT2D eigenvalue weighted by molar-refractivity contribution is 8.76. The van der Waals surface area contributed by atoms with Crippen molar-refractivity contribution in [1.29, 1.82) is 0 Å². The van der Waals surface area contributed by atoms with Gasteiger partial charge in [-0.05, 0) is 100 Å². The van der Waals surface area contributed by atoms with E-state index in [1.807, 2.05) is 78.9 Å². The van der Waals surface area contributed by atoms with Gasteiger partial charge in [-0.15, -0.1) is 11.8 Å². The number of benzene rings is 6. The van der Waals surface area contributed by atoms with Crippen molar-refractivity contribution >= 4 is 97.6 Å². The average Bonchev–Trinajstić information content (AvgIpc) is 1.20. The van der Waals surface area contributed by atoms with Crippen molar-refractivity contribution in [3.05, 3.63) is 216 Å². The Kier molecular flexibility index (Phi) is 29.6. The minimum Gasteiger partial charge on any atom is -0.444 e. The molecule has 103 heavy (non-hydrogen) atoms. The number of ether oxygens (including phenoxy) is 1. The Bertz CT molecular complexity index is 3850. The fourth-order valence-electron chi connectivity index (χ4n) is 11.7. The average molecular weight is 1460 g/mol. The number of carbonyl (C=O) groups is 9. The summed E-state index contributed by atoms with van der Waals surface area (Å²) in [5, 5.41) is 57.9. The summed E-state index contributed by atoms with van der Waals surface area (Å²) in [6.45, 7) is 8.34. The Labute approximate surface area is 613 Å². The van der Waals surface area contributed by atoms with Gasteiger partial charge in [-0.2, -0.15) is 0 Å². The van der Waals surface area contributed by atoms with Crippen molar-refractivity contribution < 1.29 is 63.2 Å². The Balaban J connectivity index is 1.15. The number of rotatable bonds is 26. The van der Waals surface area contributed by atoms with Crippen molar-refractivity contribution in [3.8, 4) is 0 Å². The van der Waals surface area contributed by atoms with E-state index in [2.05, 4.69) is 89.2 Å². The molecule has 0 saturated carbocycles. The lowest BCUT2D eigenvalue weighted by atomic mass is 9.84. The number of fused-ring (bicyclic) bond motifs is 1. The summed E-state index contributed by atoms with van der Waals surface area (Å²) >= 11 is 1.57. The van der Waals surface area contributed by atoms with E-state index in [0.29, 0.717) is 27.8 Å². The number of amides is 9. The molecule has 9 amide bonds. The van der Waals surface area contributed by atoms with E-state index < -0.39 is 130 Å². The molecule has 13 N–H and O–H groups in total. The predicted molar refractivity (Wildman–Crippen MR) is 402 cm³/mol. The predicted octanol–water partition coefficient (Wildman–Crippen LogP) is 6.42. The number of alkyl carbamates (subject to hydrolysis) is 1. The number of nitrogens with one attached hydrogen (secondary N) is 10. The van der Waals surface area contributed by atoms with Crippen LogP contribution in [0.4, 0.5) is 4.79 Å². The highest BCUT2D eigenvalue weighted by atomic mass is 33.1. The van der Waals surface area contributed by atoms with Crippen molar-refractivity contribution in [2.24, 2.45) is 0 Å². The second-order valence-electron chi connectivity index (χ2n) is 26.6. The van der Waals surface area contributed by atoms with Crippen LogP contribution in [0.25, 0.3) is 10.9 Å². The molecule has 7 aromatic rings. The van der Waals surface area contributed by atoms with E-state index in [1.54, 1.807) is 99.4 Å². The molecule has 1 fully saturated rings. The van der Waals surface area contributed by atoms with Crippen LogP contribution >= 0.6 is 33.3 Å². The molecule has 0 unspecified atom stereocenters. The summed E-state index contributed by atoms with van der Waals surface area (Å²) in [6, 6.07) is 45.2. The molecular formula is C77H94N10O13S3. The maximum Gasteiger partial charge on any atom is 0.407 e. The van der Waals surface area contributed by atoms with Crippen molar-refractivity contribution in [2.45, 2.75) is 157 Å². The highest BCUT2D eigenvalue weighted by Gasteiger charge is 2.44. The van der Waals surface area contributed by atoms with Crippen LogP contribution in [0.2, 0.25) is 0 Å². The SMILES string of the molecule is C[C@@H](O)[C@@H](CO)NC(=O)[C@@H]1CSSC[C@H](NC(=O)[C@@H](Cc2ccccc2)NC(=O)CCSC(c2ccccc2)(c2ccccc2)c2ccccc2)C(=O)N[C@@H](Cc2ccccc2)C(=O)N[C@H](Cc2c[nH]c3ccccc23)C(=O)N[C@@H](CCCCNC(=O)OC(C)(C)C)C(=O)N[C@@](C)([C@@H](C)O)C(=O)N1. The number of aliphatic hydroxyl groups is 3. The molecule has 1 aliphatic heterocycles. The molecule has 10 atom stereocenters. The molecule has 0 bridgehead atoms. The van der Waals surface area contributed by atoms with E-state index in [4.69, 9.17) is 4.74 Å². The van der Waals surface area contributed by atoms with E-state index in [0.717, 1.165) is 43.8 Å². The molecule has 0 spiro atoms. The van der Waals surface area contributed by atoms with Crippen LogP contribution in [0.3, 0.4) is 0 Å². The van der Waals surface area contributed by atoms with E-state index in [-0.39, 0.29) is 63.0 Å². The molecule has 0 aliphatic carbocycles. The Morgan fingerprint density at radius 2 is 1.17 bits per heavy atom. The number of H-pyrrole nitrogens is 1. The van der Waals surface area contributed by atoms with Crippen molar-refractivity contribution in [1.82, 2.24) is 52.8 Å². The Morgan fingerprint density at radius 1 is 0.641 bits per heavy atom. The number of hydrogen-bond donors (Lipinski definition) is 13. The molecule has 1 saturated heterocycles. The number of unbranched alkanes of at least 4 members (excludes halogenated alkanes) is 1. The van der Waals surface area contributed by atoms with Crippen LogP contribution in [-0.2, 0) is 67.1 Å². The summed E-state index contributed by atoms with van der Waals surface area (Å²) < 4.78 is 4.63. The zero-order chi connectivity index (χ0) is 74.1. The van der Waals surface area contributed by atoms with Crippen LogP contribution in [0.5, 0.6) is 0 Å².